The highest BCUT2D eigenvalue weighted by Crippen LogP contribution is 2.27. The molecule has 0 aliphatic rings. The van der Waals surface area contributed by atoms with Crippen molar-refractivity contribution in [1.82, 2.24) is 14.5 Å². The van der Waals surface area contributed by atoms with Gasteiger partial charge in [0.05, 0.1) is 27.0 Å². The molecule has 1 unspecified atom stereocenters. The zero-order valence-electron chi connectivity index (χ0n) is 17.0. The predicted molar refractivity (Wildman–Crippen MR) is 123 cm³/mol. The van der Waals surface area contributed by atoms with Crippen molar-refractivity contribution in [3.8, 4) is 0 Å². The van der Waals surface area contributed by atoms with Crippen molar-refractivity contribution in [2.45, 2.75) is 39.8 Å². The van der Waals surface area contributed by atoms with Crippen LogP contribution < -0.4 is 5.56 Å². The minimum absolute atomic E-state index is 0.153. The van der Waals surface area contributed by atoms with Crippen LogP contribution in [0.2, 0.25) is 15.1 Å². The molecule has 1 atom stereocenters. The summed E-state index contributed by atoms with van der Waals surface area (Å²) in [7, 11) is 0. The SMILES string of the molecule is CCCN(C(=O)c1ccc(Cl)c(Cl)c1)C(C)c1nc2cc(Cl)ccc2c(=O)n1CC. The Morgan fingerprint density at radius 2 is 1.83 bits per heavy atom. The lowest BCUT2D eigenvalue weighted by atomic mass is 10.1. The third-order valence-electron chi connectivity index (χ3n) is 5.00. The van der Waals surface area contributed by atoms with Crippen LogP contribution in [-0.2, 0) is 6.54 Å². The molecule has 0 saturated carbocycles. The minimum Gasteiger partial charge on any atom is -0.329 e. The first-order valence-electron chi connectivity index (χ1n) is 9.74. The second-order valence-corrected chi connectivity index (χ2v) is 8.24. The minimum atomic E-state index is -0.442. The standard InChI is InChI=1S/C22H22Cl3N3O2/c1-4-10-28(21(29)14-6-9-17(24)18(25)11-14)13(3)20-26-19-12-15(23)7-8-16(19)22(30)27(20)5-2/h6-9,11-13H,4-5,10H2,1-3H3. The second-order valence-electron chi connectivity index (χ2n) is 6.98. The lowest BCUT2D eigenvalue weighted by molar-refractivity contribution is 0.0679. The van der Waals surface area contributed by atoms with Gasteiger partial charge in [-0.25, -0.2) is 4.98 Å². The van der Waals surface area contributed by atoms with Crippen molar-refractivity contribution in [2.24, 2.45) is 0 Å². The van der Waals surface area contributed by atoms with Crippen LogP contribution in [0.4, 0.5) is 0 Å². The number of halogens is 3. The molecule has 158 valence electrons. The van der Waals surface area contributed by atoms with E-state index in [-0.39, 0.29) is 11.5 Å². The number of amides is 1. The number of benzene rings is 2. The first-order chi connectivity index (χ1) is 14.3. The van der Waals surface area contributed by atoms with Crippen LogP contribution in [0, 0.1) is 0 Å². The zero-order chi connectivity index (χ0) is 22.0. The molecular formula is C22H22Cl3N3O2. The van der Waals surface area contributed by atoms with Gasteiger partial charge in [0.25, 0.3) is 11.5 Å². The van der Waals surface area contributed by atoms with Gasteiger partial charge in [-0.2, -0.15) is 0 Å². The molecule has 30 heavy (non-hydrogen) atoms. The lowest BCUT2D eigenvalue weighted by Gasteiger charge is -2.30. The van der Waals surface area contributed by atoms with Crippen LogP contribution in [-0.4, -0.2) is 26.9 Å². The maximum absolute atomic E-state index is 13.3. The van der Waals surface area contributed by atoms with E-state index in [1.165, 1.54) is 0 Å². The Balaban J connectivity index is 2.12. The molecule has 0 aliphatic carbocycles. The fraction of sp³-hybridized carbons (Fsp3) is 0.318. The molecule has 2 aromatic carbocycles. The number of hydrogen-bond acceptors (Lipinski definition) is 3. The maximum atomic E-state index is 13.3. The molecular weight excluding hydrogens is 445 g/mol. The number of carbonyl (C=O) groups is 1. The molecule has 0 fully saturated rings. The number of aromatic nitrogens is 2. The van der Waals surface area contributed by atoms with Gasteiger partial charge in [-0.05, 0) is 56.7 Å². The van der Waals surface area contributed by atoms with Crippen molar-refractivity contribution in [3.05, 3.63) is 73.2 Å². The molecule has 1 heterocycles. The summed E-state index contributed by atoms with van der Waals surface area (Å²) >= 11 is 18.2. The Kier molecular flexibility index (Phi) is 7.06. The number of carbonyl (C=O) groups excluding carboxylic acids is 1. The Hall–Kier alpha value is -2.08. The van der Waals surface area contributed by atoms with Crippen molar-refractivity contribution >= 4 is 51.6 Å². The number of fused-ring (bicyclic) bond motifs is 1. The summed E-state index contributed by atoms with van der Waals surface area (Å²) in [5, 5.41) is 1.70. The number of nitrogens with zero attached hydrogens (tertiary/aromatic N) is 3. The second kappa shape index (κ2) is 9.38. The van der Waals surface area contributed by atoms with E-state index in [0.29, 0.717) is 50.4 Å². The average Bonchev–Trinajstić information content (AvgIpc) is 2.72. The summed E-state index contributed by atoms with van der Waals surface area (Å²) in [4.78, 5) is 32.8. The smallest absolute Gasteiger partial charge is 0.261 e. The molecule has 8 heteroatoms. The molecule has 5 nitrogen and oxygen atoms in total. The first-order valence-corrected chi connectivity index (χ1v) is 10.9. The summed E-state index contributed by atoms with van der Waals surface area (Å²) in [6, 6.07) is 9.38. The Labute approximate surface area is 190 Å². The first kappa shape index (κ1) is 22.6. The van der Waals surface area contributed by atoms with Gasteiger partial charge in [-0.15, -0.1) is 0 Å². The van der Waals surface area contributed by atoms with E-state index in [9.17, 15) is 9.59 Å². The van der Waals surface area contributed by atoms with Crippen molar-refractivity contribution in [1.29, 1.82) is 0 Å². The van der Waals surface area contributed by atoms with Gasteiger partial charge in [0.1, 0.15) is 5.82 Å². The van der Waals surface area contributed by atoms with Gasteiger partial charge in [-0.3, -0.25) is 14.2 Å². The van der Waals surface area contributed by atoms with Gasteiger partial charge in [0, 0.05) is 23.7 Å². The third kappa shape index (κ3) is 4.34. The molecule has 0 aliphatic heterocycles. The van der Waals surface area contributed by atoms with Gasteiger partial charge >= 0.3 is 0 Å². The van der Waals surface area contributed by atoms with Crippen LogP contribution in [0.5, 0.6) is 0 Å². The highest BCUT2D eigenvalue weighted by atomic mass is 35.5. The van der Waals surface area contributed by atoms with E-state index in [1.807, 2.05) is 20.8 Å². The molecule has 0 N–H and O–H groups in total. The largest absolute Gasteiger partial charge is 0.329 e. The van der Waals surface area contributed by atoms with Crippen LogP contribution >= 0.6 is 34.8 Å². The molecule has 1 amide bonds. The van der Waals surface area contributed by atoms with Crippen LogP contribution in [0.3, 0.4) is 0 Å². The van der Waals surface area contributed by atoms with E-state index in [0.717, 1.165) is 6.42 Å². The zero-order valence-corrected chi connectivity index (χ0v) is 19.2. The summed E-state index contributed by atoms with van der Waals surface area (Å²) < 4.78 is 1.60. The molecule has 3 rings (SSSR count). The van der Waals surface area contributed by atoms with E-state index in [4.69, 9.17) is 39.8 Å². The maximum Gasteiger partial charge on any atom is 0.261 e. The van der Waals surface area contributed by atoms with Crippen LogP contribution in [0.1, 0.15) is 49.4 Å². The topological polar surface area (TPSA) is 55.2 Å². The summed E-state index contributed by atoms with van der Waals surface area (Å²) in [6.07, 6.45) is 0.743. The van der Waals surface area contributed by atoms with Gasteiger partial charge in [-0.1, -0.05) is 41.7 Å². The average molecular weight is 467 g/mol. The van der Waals surface area contributed by atoms with Gasteiger partial charge in [0.2, 0.25) is 0 Å². The quantitative estimate of drug-likeness (QED) is 0.448. The van der Waals surface area contributed by atoms with E-state index >= 15 is 0 Å². The number of hydrogen-bond donors (Lipinski definition) is 0. The molecule has 1 aromatic heterocycles. The molecule has 3 aromatic rings. The van der Waals surface area contributed by atoms with Gasteiger partial charge < -0.3 is 4.90 Å². The molecule has 0 spiro atoms. The Bertz CT molecular complexity index is 1160. The van der Waals surface area contributed by atoms with Crippen molar-refractivity contribution in [2.75, 3.05) is 6.54 Å². The fourth-order valence-electron chi connectivity index (χ4n) is 3.48. The number of rotatable bonds is 6. The fourth-order valence-corrected chi connectivity index (χ4v) is 3.95. The monoisotopic (exact) mass is 465 g/mol. The predicted octanol–water partition coefficient (Wildman–Crippen LogP) is 5.99. The van der Waals surface area contributed by atoms with Crippen LogP contribution in [0.15, 0.2) is 41.2 Å². The highest BCUT2D eigenvalue weighted by Gasteiger charge is 2.26. The Morgan fingerprint density at radius 3 is 2.47 bits per heavy atom. The highest BCUT2D eigenvalue weighted by molar-refractivity contribution is 6.42. The molecule has 0 saturated heterocycles. The Morgan fingerprint density at radius 1 is 1.10 bits per heavy atom. The van der Waals surface area contributed by atoms with E-state index < -0.39 is 6.04 Å². The summed E-state index contributed by atoms with van der Waals surface area (Å²) in [6.45, 7) is 6.67. The third-order valence-corrected chi connectivity index (χ3v) is 5.97. The van der Waals surface area contributed by atoms with E-state index in [2.05, 4.69) is 0 Å². The normalized spacial score (nSPS) is 12.2. The molecule has 0 bridgehead atoms. The van der Waals surface area contributed by atoms with Crippen molar-refractivity contribution < 1.29 is 4.79 Å². The summed E-state index contributed by atoms with van der Waals surface area (Å²) in [5.74, 6) is 0.310. The van der Waals surface area contributed by atoms with E-state index in [1.54, 1.807) is 45.9 Å². The lowest BCUT2D eigenvalue weighted by Crippen LogP contribution is -2.38. The molecule has 0 radical (unpaired) electrons. The van der Waals surface area contributed by atoms with Crippen molar-refractivity contribution in [3.63, 3.8) is 0 Å². The summed E-state index contributed by atoms with van der Waals surface area (Å²) in [5.41, 5.74) is 0.788. The van der Waals surface area contributed by atoms with Gasteiger partial charge in [0.15, 0.2) is 0 Å². The van der Waals surface area contributed by atoms with Crippen LogP contribution in [0.25, 0.3) is 10.9 Å².